The monoisotopic (exact) mass is 396 g/mol. The van der Waals surface area contributed by atoms with Gasteiger partial charge < -0.3 is 19.5 Å². The van der Waals surface area contributed by atoms with Gasteiger partial charge in [0.05, 0.1) is 19.3 Å². The van der Waals surface area contributed by atoms with Gasteiger partial charge in [-0.3, -0.25) is 9.78 Å². The molecule has 1 atom stereocenters. The van der Waals surface area contributed by atoms with Crippen molar-refractivity contribution in [1.29, 1.82) is 0 Å². The number of amides is 1. The number of pyridine rings is 1. The van der Waals surface area contributed by atoms with Gasteiger partial charge in [-0.2, -0.15) is 13.2 Å². The number of alkyl halides is 3. The smallest absolute Gasteiger partial charge is 0.420 e. The molecule has 0 bridgehead atoms. The van der Waals surface area contributed by atoms with Crippen LogP contribution in [0.3, 0.4) is 0 Å². The van der Waals surface area contributed by atoms with Crippen molar-refractivity contribution in [3.63, 3.8) is 0 Å². The van der Waals surface area contributed by atoms with E-state index in [-0.39, 0.29) is 31.4 Å². The number of hydrogen-bond donors (Lipinski definition) is 1. The van der Waals surface area contributed by atoms with E-state index in [1.165, 1.54) is 4.90 Å². The van der Waals surface area contributed by atoms with Crippen molar-refractivity contribution < 1.29 is 32.5 Å². The molecule has 3 rings (SSSR count). The average molecular weight is 396 g/mol. The first-order valence-corrected chi connectivity index (χ1v) is 8.65. The highest BCUT2D eigenvalue weighted by molar-refractivity contribution is 5.78. The van der Waals surface area contributed by atoms with E-state index in [2.05, 4.69) is 4.98 Å². The van der Waals surface area contributed by atoms with Gasteiger partial charge in [-0.15, -0.1) is 0 Å². The van der Waals surface area contributed by atoms with E-state index in [4.69, 9.17) is 14.6 Å². The molecule has 0 spiro atoms. The molecular formula is C19H19F3N2O4. The number of carbonyl (C=O) groups excluding carboxylic acids is 1. The number of rotatable bonds is 6. The van der Waals surface area contributed by atoms with Crippen LogP contribution >= 0.6 is 0 Å². The second-order valence-electron chi connectivity index (χ2n) is 6.33. The van der Waals surface area contributed by atoms with Gasteiger partial charge in [0.25, 0.3) is 5.91 Å². The van der Waals surface area contributed by atoms with Gasteiger partial charge in [0.2, 0.25) is 0 Å². The number of ether oxygens (including phenoxy) is 2. The first kappa shape index (κ1) is 19.9. The van der Waals surface area contributed by atoms with Crippen LogP contribution in [0.1, 0.15) is 17.5 Å². The molecule has 1 aliphatic heterocycles. The van der Waals surface area contributed by atoms with Crippen LogP contribution in [-0.4, -0.2) is 46.7 Å². The van der Waals surface area contributed by atoms with Crippen LogP contribution < -0.4 is 9.47 Å². The number of aliphatic hydroxyl groups is 1. The average Bonchev–Trinajstić information content (AvgIpc) is 3.14. The minimum Gasteiger partial charge on any atom is -0.486 e. The van der Waals surface area contributed by atoms with E-state index in [1.54, 1.807) is 24.3 Å². The molecule has 2 aromatic rings. The Balaban J connectivity index is 1.53. The SMILES string of the molecule is O=C(COc1ccc(CO)cc1)N1CC[C@@H](Oc2cnccc2C(F)(F)F)C1. The van der Waals surface area contributed by atoms with Gasteiger partial charge in [-0.25, -0.2) is 0 Å². The van der Waals surface area contributed by atoms with Gasteiger partial charge in [-0.05, 0) is 23.8 Å². The lowest BCUT2D eigenvalue weighted by molar-refractivity contribution is -0.139. The highest BCUT2D eigenvalue weighted by atomic mass is 19.4. The van der Waals surface area contributed by atoms with E-state index in [0.29, 0.717) is 18.7 Å². The minimum atomic E-state index is -4.54. The third-order valence-electron chi connectivity index (χ3n) is 4.35. The quantitative estimate of drug-likeness (QED) is 0.813. The first-order valence-electron chi connectivity index (χ1n) is 8.65. The van der Waals surface area contributed by atoms with E-state index in [1.807, 2.05) is 0 Å². The van der Waals surface area contributed by atoms with Crippen LogP contribution in [-0.2, 0) is 17.6 Å². The number of halogens is 3. The summed E-state index contributed by atoms with van der Waals surface area (Å²) in [5.74, 6) is -0.128. The Labute approximate surface area is 159 Å². The second kappa shape index (κ2) is 8.47. The molecule has 1 aromatic heterocycles. The summed E-state index contributed by atoms with van der Waals surface area (Å²) < 4.78 is 50.0. The number of hydrogen-bond acceptors (Lipinski definition) is 5. The maximum atomic E-state index is 13.0. The van der Waals surface area contributed by atoms with Crippen molar-refractivity contribution >= 4 is 5.91 Å². The van der Waals surface area contributed by atoms with Crippen molar-refractivity contribution in [3.05, 3.63) is 53.9 Å². The molecule has 1 fully saturated rings. The number of benzene rings is 1. The Morgan fingerprint density at radius 3 is 2.68 bits per heavy atom. The Hall–Kier alpha value is -2.81. The first-order chi connectivity index (χ1) is 13.4. The molecule has 0 aliphatic carbocycles. The molecule has 6 nitrogen and oxygen atoms in total. The molecule has 28 heavy (non-hydrogen) atoms. The summed E-state index contributed by atoms with van der Waals surface area (Å²) in [6.45, 7) is 0.281. The second-order valence-corrected chi connectivity index (χ2v) is 6.33. The fraction of sp³-hybridized carbons (Fsp3) is 0.368. The van der Waals surface area contributed by atoms with Crippen LogP contribution in [0.25, 0.3) is 0 Å². The van der Waals surface area contributed by atoms with Gasteiger partial charge in [0.1, 0.15) is 23.2 Å². The van der Waals surface area contributed by atoms with Crippen molar-refractivity contribution in [2.45, 2.75) is 25.3 Å². The van der Waals surface area contributed by atoms with Crippen LogP contribution in [0.5, 0.6) is 11.5 Å². The molecule has 0 saturated carbocycles. The highest BCUT2D eigenvalue weighted by Gasteiger charge is 2.36. The Morgan fingerprint density at radius 2 is 2.00 bits per heavy atom. The van der Waals surface area contributed by atoms with Crippen molar-refractivity contribution in [2.24, 2.45) is 0 Å². The zero-order chi connectivity index (χ0) is 20.1. The number of likely N-dealkylation sites (tertiary alicyclic amines) is 1. The molecule has 1 amide bonds. The number of aliphatic hydroxyl groups excluding tert-OH is 1. The fourth-order valence-electron chi connectivity index (χ4n) is 2.87. The Bertz CT molecular complexity index is 812. The van der Waals surface area contributed by atoms with Gasteiger partial charge in [-0.1, -0.05) is 12.1 Å². The largest absolute Gasteiger partial charge is 0.486 e. The predicted molar refractivity (Wildman–Crippen MR) is 92.7 cm³/mol. The summed E-state index contributed by atoms with van der Waals surface area (Å²) in [4.78, 5) is 17.5. The predicted octanol–water partition coefficient (Wildman–Crippen LogP) is 2.65. The van der Waals surface area contributed by atoms with E-state index >= 15 is 0 Å². The lowest BCUT2D eigenvalue weighted by Gasteiger charge is -2.19. The Kier molecular flexibility index (Phi) is 6.03. The molecule has 150 valence electrons. The summed E-state index contributed by atoms with van der Waals surface area (Å²) >= 11 is 0. The number of nitrogens with zero attached hydrogens (tertiary/aromatic N) is 2. The van der Waals surface area contributed by atoms with Gasteiger partial charge in [0, 0.05) is 19.2 Å². The number of carbonyl (C=O) groups is 1. The third kappa shape index (κ3) is 4.92. The molecule has 0 radical (unpaired) electrons. The van der Waals surface area contributed by atoms with Crippen LogP contribution in [0.15, 0.2) is 42.7 Å². The normalized spacial score (nSPS) is 16.9. The Morgan fingerprint density at radius 1 is 1.25 bits per heavy atom. The fourth-order valence-corrected chi connectivity index (χ4v) is 2.87. The van der Waals surface area contributed by atoms with E-state index < -0.39 is 17.8 Å². The topological polar surface area (TPSA) is 71.9 Å². The van der Waals surface area contributed by atoms with Crippen molar-refractivity contribution in [1.82, 2.24) is 9.88 Å². The zero-order valence-electron chi connectivity index (χ0n) is 14.9. The summed E-state index contributed by atoms with van der Waals surface area (Å²) in [6, 6.07) is 7.53. The maximum Gasteiger partial charge on any atom is 0.420 e. The number of aromatic nitrogens is 1. The molecule has 1 saturated heterocycles. The molecule has 9 heteroatoms. The molecule has 2 heterocycles. The maximum absolute atomic E-state index is 13.0. The lowest BCUT2D eigenvalue weighted by Crippen LogP contribution is -2.34. The molecule has 1 aromatic carbocycles. The van der Waals surface area contributed by atoms with Crippen LogP contribution in [0.4, 0.5) is 13.2 Å². The summed E-state index contributed by atoms with van der Waals surface area (Å²) in [6.07, 6.45) is -2.57. The third-order valence-corrected chi connectivity index (χ3v) is 4.35. The van der Waals surface area contributed by atoms with Crippen LogP contribution in [0, 0.1) is 0 Å². The minimum absolute atomic E-state index is 0.0820. The van der Waals surface area contributed by atoms with Crippen molar-refractivity contribution in [3.8, 4) is 11.5 Å². The zero-order valence-corrected chi connectivity index (χ0v) is 14.9. The summed E-state index contributed by atoms with van der Waals surface area (Å²) in [7, 11) is 0. The van der Waals surface area contributed by atoms with Crippen LogP contribution in [0.2, 0.25) is 0 Å². The van der Waals surface area contributed by atoms with Gasteiger partial charge >= 0.3 is 6.18 Å². The molecular weight excluding hydrogens is 377 g/mol. The molecule has 1 aliphatic rings. The van der Waals surface area contributed by atoms with Gasteiger partial charge in [0.15, 0.2) is 6.61 Å². The van der Waals surface area contributed by atoms with E-state index in [9.17, 15) is 18.0 Å². The lowest BCUT2D eigenvalue weighted by atomic mass is 10.2. The van der Waals surface area contributed by atoms with Crippen molar-refractivity contribution in [2.75, 3.05) is 19.7 Å². The standard InChI is InChI=1S/C19H19F3N2O4/c20-19(21,22)16-5-7-23-9-17(16)28-15-6-8-24(10-15)18(26)12-27-14-3-1-13(11-25)2-4-14/h1-5,7,9,15,25H,6,8,10-12H2/t15-/m1/s1. The highest BCUT2D eigenvalue weighted by Crippen LogP contribution is 2.36. The summed E-state index contributed by atoms with van der Waals surface area (Å²) in [5, 5.41) is 9.00. The molecule has 0 unspecified atom stereocenters. The molecule has 1 N–H and O–H groups in total. The van der Waals surface area contributed by atoms with E-state index in [0.717, 1.165) is 24.0 Å². The summed E-state index contributed by atoms with van der Waals surface area (Å²) in [5.41, 5.74) is -0.159.